The summed E-state index contributed by atoms with van der Waals surface area (Å²) in [4.78, 5) is 37.4. The molecule has 0 radical (unpaired) electrons. The fourth-order valence-corrected chi connectivity index (χ4v) is 3.52. The van der Waals surface area contributed by atoms with Gasteiger partial charge in [-0.15, -0.1) is 0 Å². The summed E-state index contributed by atoms with van der Waals surface area (Å²) in [6.45, 7) is 1.85. The van der Waals surface area contributed by atoms with Crippen molar-refractivity contribution in [2.24, 2.45) is 5.41 Å². The lowest BCUT2D eigenvalue weighted by atomic mass is 9.60. The smallest absolute Gasteiger partial charge is 0.323 e. The Morgan fingerprint density at radius 2 is 1.86 bits per heavy atom. The lowest BCUT2D eigenvalue weighted by molar-refractivity contribution is -0.164. The number of hydrogen-bond acceptors (Lipinski definition) is 4. The summed E-state index contributed by atoms with van der Waals surface area (Å²) < 4.78 is 5.17. The van der Waals surface area contributed by atoms with Crippen LogP contribution in [0.2, 0.25) is 0 Å². The Labute approximate surface area is 128 Å². The van der Waals surface area contributed by atoms with Gasteiger partial charge in [0.2, 0.25) is 5.78 Å². The van der Waals surface area contributed by atoms with Crippen molar-refractivity contribution >= 4 is 17.7 Å². The van der Waals surface area contributed by atoms with Crippen molar-refractivity contribution in [1.29, 1.82) is 0 Å². The minimum absolute atomic E-state index is 0.163. The van der Waals surface area contributed by atoms with E-state index in [9.17, 15) is 14.4 Å². The van der Waals surface area contributed by atoms with E-state index in [1.54, 1.807) is 13.0 Å². The molecule has 22 heavy (non-hydrogen) atoms. The molecule has 2 atom stereocenters. The number of ketones is 1. The van der Waals surface area contributed by atoms with Gasteiger partial charge in [0, 0.05) is 0 Å². The molecule has 1 N–H and O–H groups in total. The van der Waals surface area contributed by atoms with Crippen LogP contribution < -0.4 is 5.32 Å². The number of Topliss-reactive ketones (excluding diaryl/α,β-unsaturated/α-hetero) is 1. The number of carbonyl (C=O) groups is 3. The standard InChI is InChI=1S/C17H17NO4/c1-2-22-15(21)16-10-6-7-11-17(16,18-14(20)13(16)19)12-8-4-3-5-9-12/h3-9H,2,10-11H2,1H3,(H,18,20)/t16-,17+/m1/s1. The van der Waals surface area contributed by atoms with E-state index in [2.05, 4.69) is 5.32 Å². The molecule has 1 aliphatic carbocycles. The van der Waals surface area contributed by atoms with Crippen LogP contribution in [0, 0.1) is 5.41 Å². The average molecular weight is 299 g/mol. The second kappa shape index (κ2) is 5.09. The third-order valence-electron chi connectivity index (χ3n) is 4.55. The zero-order valence-electron chi connectivity index (χ0n) is 12.3. The largest absolute Gasteiger partial charge is 0.465 e. The zero-order valence-corrected chi connectivity index (χ0v) is 12.3. The number of amides is 1. The highest BCUT2D eigenvalue weighted by Crippen LogP contribution is 2.53. The number of benzene rings is 1. The van der Waals surface area contributed by atoms with E-state index < -0.39 is 28.6 Å². The summed E-state index contributed by atoms with van der Waals surface area (Å²) in [5.41, 5.74) is -1.84. The minimum atomic E-state index is -1.52. The molecule has 1 aromatic carbocycles. The van der Waals surface area contributed by atoms with Crippen molar-refractivity contribution in [1.82, 2.24) is 5.32 Å². The summed E-state index contributed by atoms with van der Waals surface area (Å²) in [6, 6.07) is 9.15. The van der Waals surface area contributed by atoms with Gasteiger partial charge in [-0.1, -0.05) is 42.5 Å². The first-order valence-electron chi connectivity index (χ1n) is 7.33. The van der Waals surface area contributed by atoms with Gasteiger partial charge in [0.15, 0.2) is 5.41 Å². The molecule has 1 heterocycles. The van der Waals surface area contributed by atoms with Crippen molar-refractivity contribution in [2.45, 2.75) is 25.3 Å². The van der Waals surface area contributed by atoms with E-state index in [0.29, 0.717) is 6.42 Å². The molecule has 2 aliphatic rings. The molecule has 3 rings (SSSR count). The molecule has 0 saturated carbocycles. The molecule has 1 saturated heterocycles. The van der Waals surface area contributed by atoms with Gasteiger partial charge in [-0.25, -0.2) is 0 Å². The fraction of sp³-hybridized carbons (Fsp3) is 0.353. The Hall–Kier alpha value is -2.43. The summed E-state index contributed by atoms with van der Waals surface area (Å²) in [7, 11) is 0. The van der Waals surface area contributed by atoms with Crippen molar-refractivity contribution in [3.8, 4) is 0 Å². The SMILES string of the molecule is CCOC(=O)[C@]12CC=CC[C@@]1(c1ccccc1)NC(=O)C2=O. The molecule has 5 heteroatoms. The number of hydrogen-bond donors (Lipinski definition) is 1. The molecule has 0 aromatic heterocycles. The van der Waals surface area contributed by atoms with E-state index in [4.69, 9.17) is 4.74 Å². The van der Waals surface area contributed by atoms with Gasteiger partial charge in [0.25, 0.3) is 5.91 Å². The summed E-state index contributed by atoms with van der Waals surface area (Å²) in [6.07, 6.45) is 4.21. The third kappa shape index (κ3) is 1.68. The Bertz CT molecular complexity index is 666. The zero-order chi connectivity index (χ0) is 15.8. The Morgan fingerprint density at radius 1 is 1.18 bits per heavy atom. The molecular formula is C17H17NO4. The third-order valence-corrected chi connectivity index (χ3v) is 4.55. The van der Waals surface area contributed by atoms with Crippen LogP contribution in [0.25, 0.3) is 0 Å². The van der Waals surface area contributed by atoms with Gasteiger partial charge >= 0.3 is 5.97 Å². The second-order valence-electron chi connectivity index (χ2n) is 5.56. The molecule has 114 valence electrons. The molecular weight excluding hydrogens is 282 g/mol. The van der Waals surface area contributed by atoms with Crippen LogP contribution in [0.3, 0.4) is 0 Å². The van der Waals surface area contributed by atoms with Crippen molar-refractivity contribution in [3.63, 3.8) is 0 Å². The monoisotopic (exact) mass is 299 g/mol. The van der Waals surface area contributed by atoms with Crippen molar-refractivity contribution in [2.75, 3.05) is 6.61 Å². The van der Waals surface area contributed by atoms with Gasteiger partial charge in [-0.3, -0.25) is 14.4 Å². The topological polar surface area (TPSA) is 72.5 Å². The van der Waals surface area contributed by atoms with Crippen LogP contribution >= 0.6 is 0 Å². The van der Waals surface area contributed by atoms with Crippen molar-refractivity contribution in [3.05, 3.63) is 48.0 Å². The minimum Gasteiger partial charge on any atom is -0.465 e. The molecule has 5 nitrogen and oxygen atoms in total. The predicted octanol–water partition coefficient (Wildman–Crippen LogP) is 1.48. The normalized spacial score (nSPS) is 29.9. The van der Waals surface area contributed by atoms with E-state index in [1.807, 2.05) is 36.4 Å². The van der Waals surface area contributed by atoms with E-state index >= 15 is 0 Å². The van der Waals surface area contributed by atoms with Crippen LogP contribution in [0.4, 0.5) is 0 Å². The van der Waals surface area contributed by atoms with Crippen LogP contribution in [0.1, 0.15) is 25.3 Å². The molecule has 1 aliphatic heterocycles. The van der Waals surface area contributed by atoms with Crippen LogP contribution in [-0.4, -0.2) is 24.3 Å². The van der Waals surface area contributed by atoms with Gasteiger partial charge < -0.3 is 10.1 Å². The number of fused-ring (bicyclic) bond motifs is 1. The predicted molar refractivity (Wildman–Crippen MR) is 78.7 cm³/mol. The first kappa shape index (κ1) is 14.5. The van der Waals surface area contributed by atoms with Crippen LogP contribution in [0.15, 0.2) is 42.5 Å². The molecule has 1 fully saturated rings. The number of esters is 1. The first-order chi connectivity index (χ1) is 10.6. The maximum absolute atomic E-state index is 12.7. The van der Waals surface area contributed by atoms with E-state index in [0.717, 1.165) is 5.56 Å². The number of allylic oxidation sites excluding steroid dienone is 1. The summed E-state index contributed by atoms with van der Waals surface area (Å²) in [5.74, 6) is -2.06. The average Bonchev–Trinajstić information content (AvgIpc) is 2.79. The van der Waals surface area contributed by atoms with E-state index in [1.165, 1.54) is 0 Å². The van der Waals surface area contributed by atoms with Gasteiger partial charge in [-0.2, -0.15) is 0 Å². The Morgan fingerprint density at radius 3 is 2.55 bits per heavy atom. The Kier molecular flexibility index (Phi) is 3.35. The van der Waals surface area contributed by atoms with Gasteiger partial charge in [-0.05, 0) is 25.3 Å². The van der Waals surface area contributed by atoms with E-state index in [-0.39, 0.29) is 13.0 Å². The summed E-state index contributed by atoms with van der Waals surface area (Å²) >= 11 is 0. The number of rotatable bonds is 3. The number of carbonyl (C=O) groups excluding carboxylic acids is 3. The maximum Gasteiger partial charge on any atom is 0.323 e. The molecule has 1 aromatic rings. The van der Waals surface area contributed by atoms with Crippen LogP contribution in [0.5, 0.6) is 0 Å². The number of ether oxygens (including phenoxy) is 1. The molecule has 0 spiro atoms. The van der Waals surface area contributed by atoms with Crippen LogP contribution in [-0.2, 0) is 24.7 Å². The highest BCUT2D eigenvalue weighted by atomic mass is 16.5. The maximum atomic E-state index is 12.7. The highest BCUT2D eigenvalue weighted by molar-refractivity contribution is 6.45. The highest BCUT2D eigenvalue weighted by Gasteiger charge is 2.70. The second-order valence-corrected chi connectivity index (χ2v) is 5.56. The number of nitrogens with one attached hydrogen (secondary N) is 1. The first-order valence-corrected chi connectivity index (χ1v) is 7.33. The van der Waals surface area contributed by atoms with Crippen molar-refractivity contribution < 1.29 is 19.1 Å². The van der Waals surface area contributed by atoms with Gasteiger partial charge in [0.05, 0.1) is 12.1 Å². The Balaban J connectivity index is 2.24. The van der Waals surface area contributed by atoms with Gasteiger partial charge in [0.1, 0.15) is 0 Å². The molecule has 0 unspecified atom stereocenters. The lowest BCUT2D eigenvalue weighted by Gasteiger charge is -2.43. The lowest BCUT2D eigenvalue weighted by Crippen LogP contribution is -2.56. The fourth-order valence-electron chi connectivity index (χ4n) is 3.52. The molecule has 1 amide bonds. The quantitative estimate of drug-likeness (QED) is 0.397. The summed E-state index contributed by atoms with van der Waals surface area (Å²) in [5, 5.41) is 2.77. The molecule has 0 bridgehead atoms.